The van der Waals surface area contributed by atoms with Crippen LogP contribution in [0.1, 0.15) is 30.6 Å². The zero-order valence-electron chi connectivity index (χ0n) is 19.8. The lowest BCUT2D eigenvalue weighted by Gasteiger charge is -2.25. The number of carbonyl (C=O) groups is 2. The van der Waals surface area contributed by atoms with Gasteiger partial charge in [-0.1, -0.05) is 42.0 Å². The van der Waals surface area contributed by atoms with Crippen molar-refractivity contribution in [3.05, 3.63) is 71.3 Å². The maximum atomic E-state index is 13.6. The first kappa shape index (κ1) is 26.7. The molecule has 2 aromatic carbocycles. The van der Waals surface area contributed by atoms with E-state index in [1.165, 1.54) is 22.5 Å². The molecule has 1 atom stereocenters. The monoisotopic (exact) mass is 519 g/mol. The quantitative estimate of drug-likeness (QED) is 0.613. The van der Waals surface area contributed by atoms with Crippen LogP contribution in [-0.4, -0.2) is 64.0 Å². The highest BCUT2D eigenvalue weighted by atomic mass is 35.5. The minimum atomic E-state index is -4.00. The summed E-state index contributed by atoms with van der Waals surface area (Å²) in [5, 5.41) is 2.86. The minimum absolute atomic E-state index is 0.0449. The molecule has 0 radical (unpaired) electrons. The summed E-state index contributed by atoms with van der Waals surface area (Å²) in [6.07, 6.45) is 3.45. The van der Waals surface area contributed by atoms with E-state index in [2.05, 4.69) is 5.32 Å². The maximum Gasteiger partial charge on any atom is 0.264 e. The number of hydrogen-bond acceptors (Lipinski definition) is 5. The normalized spacial score (nSPS) is 21.1. The van der Waals surface area contributed by atoms with Crippen LogP contribution >= 0.6 is 11.6 Å². The topological polar surface area (TPSA) is 96.0 Å². The lowest BCUT2D eigenvalue weighted by molar-refractivity contribution is -0.142. The van der Waals surface area contributed by atoms with Crippen LogP contribution in [0.15, 0.2) is 65.6 Å². The highest BCUT2D eigenvalue weighted by molar-refractivity contribution is 7.92. The fourth-order valence-corrected chi connectivity index (χ4v) is 5.30. The van der Waals surface area contributed by atoms with Gasteiger partial charge in [-0.05, 0) is 50.6 Å². The van der Waals surface area contributed by atoms with Crippen LogP contribution < -0.4 is 9.62 Å². The molecule has 0 saturated heterocycles. The Hall–Kier alpha value is -2.88. The molecule has 0 saturated carbocycles. The van der Waals surface area contributed by atoms with E-state index >= 15 is 0 Å². The standard InChI is InChI=1S/C25H30ClN3O5S/c1-3-28-16-14-27-24(30)22-18-21(12-13-23(22)26)35(32,33)29(20-10-6-4-7-11-20)15-8-5-9-17-34-19(2)25(28)31/h4-8,10-13,18-19H,3,9,14-17H2,1-2H3,(H,27,30)/b8-5-. The molecule has 188 valence electrons. The molecule has 2 aromatic rings. The van der Waals surface area contributed by atoms with E-state index < -0.39 is 22.0 Å². The van der Waals surface area contributed by atoms with Gasteiger partial charge >= 0.3 is 0 Å². The Morgan fingerprint density at radius 2 is 1.86 bits per heavy atom. The highest BCUT2D eigenvalue weighted by Crippen LogP contribution is 2.27. The van der Waals surface area contributed by atoms with Crippen molar-refractivity contribution in [2.45, 2.75) is 31.3 Å². The Labute approximate surface area is 211 Å². The van der Waals surface area contributed by atoms with E-state index in [1.807, 2.05) is 13.0 Å². The molecular formula is C25H30ClN3O5S. The van der Waals surface area contributed by atoms with E-state index in [-0.39, 0.29) is 41.0 Å². The second kappa shape index (κ2) is 12.2. The molecule has 8 nitrogen and oxygen atoms in total. The van der Waals surface area contributed by atoms with Gasteiger partial charge in [0.05, 0.1) is 34.3 Å². The SMILES string of the molecule is CCN1CCNC(=O)c2cc(ccc2Cl)S(=O)(=O)N(c2ccccc2)C/C=C\CCOC(C)C1=O. The van der Waals surface area contributed by atoms with E-state index in [0.717, 1.165) is 0 Å². The van der Waals surface area contributed by atoms with Gasteiger partial charge < -0.3 is 15.0 Å². The Morgan fingerprint density at radius 1 is 1.11 bits per heavy atom. The number of para-hydroxylation sites is 1. The van der Waals surface area contributed by atoms with Gasteiger partial charge in [0.25, 0.3) is 21.8 Å². The molecule has 1 N–H and O–H groups in total. The lowest BCUT2D eigenvalue weighted by atomic mass is 10.2. The van der Waals surface area contributed by atoms with Crippen LogP contribution in [-0.2, 0) is 19.6 Å². The summed E-state index contributed by atoms with van der Waals surface area (Å²) >= 11 is 6.25. The molecule has 1 heterocycles. The third-order valence-electron chi connectivity index (χ3n) is 5.61. The van der Waals surface area contributed by atoms with E-state index in [4.69, 9.17) is 16.3 Å². The molecule has 35 heavy (non-hydrogen) atoms. The number of carbonyl (C=O) groups excluding carboxylic acids is 2. The first-order chi connectivity index (χ1) is 16.8. The van der Waals surface area contributed by atoms with Crippen molar-refractivity contribution in [2.24, 2.45) is 0 Å². The number of halogens is 1. The highest BCUT2D eigenvalue weighted by Gasteiger charge is 2.26. The van der Waals surface area contributed by atoms with Crippen molar-refractivity contribution >= 4 is 39.1 Å². The average molecular weight is 520 g/mol. The summed E-state index contributed by atoms with van der Waals surface area (Å²) in [6, 6.07) is 12.8. The second-order valence-corrected chi connectivity index (χ2v) is 10.2. The van der Waals surface area contributed by atoms with E-state index in [1.54, 1.807) is 48.2 Å². The molecule has 0 fully saturated rings. The van der Waals surface area contributed by atoms with Crippen molar-refractivity contribution in [3.63, 3.8) is 0 Å². The van der Waals surface area contributed by atoms with Crippen molar-refractivity contribution < 1.29 is 22.7 Å². The summed E-state index contributed by atoms with van der Waals surface area (Å²) < 4.78 is 34.2. The van der Waals surface area contributed by atoms with Crippen molar-refractivity contribution in [3.8, 4) is 0 Å². The number of hydrogen-bond donors (Lipinski definition) is 1. The number of nitrogens with zero attached hydrogens (tertiary/aromatic N) is 2. The Balaban J connectivity index is 1.99. The van der Waals surface area contributed by atoms with Gasteiger partial charge in [-0.15, -0.1) is 0 Å². The number of nitrogens with one attached hydrogen (secondary N) is 1. The maximum absolute atomic E-state index is 13.6. The van der Waals surface area contributed by atoms with Gasteiger partial charge in [0.1, 0.15) is 6.10 Å². The van der Waals surface area contributed by atoms with Gasteiger partial charge in [0.15, 0.2) is 0 Å². The zero-order chi connectivity index (χ0) is 25.4. The molecule has 1 aliphatic heterocycles. The fourth-order valence-electron chi connectivity index (χ4n) is 3.66. The molecular weight excluding hydrogens is 490 g/mol. The smallest absolute Gasteiger partial charge is 0.264 e. The van der Waals surface area contributed by atoms with Gasteiger partial charge in [0.2, 0.25) is 0 Å². The van der Waals surface area contributed by atoms with E-state index in [0.29, 0.717) is 25.3 Å². The lowest BCUT2D eigenvalue weighted by Crippen LogP contribution is -2.43. The summed E-state index contributed by atoms with van der Waals surface area (Å²) in [6.45, 7) is 4.87. The van der Waals surface area contributed by atoms with Crippen molar-refractivity contribution in [1.29, 1.82) is 0 Å². The molecule has 1 unspecified atom stereocenters. The number of amides is 2. The molecule has 3 rings (SSSR count). The predicted molar refractivity (Wildman–Crippen MR) is 136 cm³/mol. The predicted octanol–water partition coefficient (Wildman–Crippen LogP) is 3.48. The third-order valence-corrected chi connectivity index (χ3v) is 7.73. The summed E-state index contributed by atoms with van der Waals surface area (Å²) in [4.78, 5) is 27.1. The molecule has 0 spiro atoms. The number of likely N-dealkylation sites (N-methyl/N-ethyl adjacent to an activating group) is 1. The summed E-state index contributed by atoms with van der Waals surface area (Å²) in [5.74, 6) is -0.680. The van der Waals surface area contributed by atoms with Crippen LogP contribution in [0.2, 0.25) is 5.02 Å². The van der Waals surface area contributed by atoms with Crippen LogP contribution in [0.3, 0.4) is 0 Å². The van der Waals surface area contributed by atoms with Gasteiger partial charge in [-0.3, -0.25) is 13.9 Å². The Kier molecular flexibility index (Phi) is 9.31. The number of sulfonamides is 1. The Morgan fingerprint density at radius 3 is 2.57 bits per heavy atom. The van der Waals surface area contributed by atoms with Crippen LogP contribution in [0.4, 0.5) is 5.69 Å². The molecule has 0 aliphatic carbocycles. The number of benzene rings is 2. The third kappa shape index (κ3) is 6.62. The first-order valence-corrected chi connectivity index (χ1v) is 13.3. The summed E-state index contributed by atoms with van der Waals surface area (Å²) in [5.41, 5.74) is 0.533. The van der Waals surface area contributed by atoms with Gasteiger partial charge in [-0.2, -0.15) is 0 Å². The molecule has 2 amide bonds. The number of ether oxygens (including phenoxy) is 1. The number of anilines is 1. The fraction of sp³-hybridized carbons (Fsp3) is 0.360. The van der Waals surface area contributed by atoms with Gasteiger partial charge in [0, 0.05) is 19.6 Å². The Bertz CT molecular complexity index is 1170. The zero-order valence-corrected chi connectivity index (χ0v) is 21.4. The van der Waals surface area contributed by atoms with E-state index in [9.17, 15) is 18.0 Å². The molecule has 10 heteroatoms. The average Bonchev–Trinajstić information content (AvgIpc) is 2.85. The summed E-state index contributed by atoms with van der Waals surface area (Å²) in [7, 11) is -4.00. The minimum Gasteiger partial charge on any atom is -0.368 e. The van der Waals surface area contributed by atoms with Crippen molar-refractivity contribution in [2.75, 3.05) is 37.1 Å². The van der Waals surface area contributed by atoms with Crippen LogP contribution in [0.25, 0.3) is 0 Å². The molecule has 0 aromatic heterocycles. The number of rotatable bonds is 2. The second-order valence-electron chi connectivity index (χ2n) is 7.96. The largest absolute Gasteiger partial charge is 0.368 e. The first-order valence-electron chi connectivity index (χ1n) is 11.5. The number of fused-ring (bicyclic) bond motifs is 2. The van der Waals surface area contributed by atoms with Gasteiger partial charge in [-0.25, -0.2) is 8.42 Å². The molecule has 1 aliphatic rings. The van der Waals surface area contributed by atoms with Crippen LogP contribution in [0.5, 0.6) is 0 Å². The van der Waals surface area contributed by atoms with Crippen LogP contribution in [0, 0.1) is 0 Å². The van der Waals surface area contributed by atoms with Crippen molar-refractivity contribution in [1.82, 2.24) is 10.2 Å². The molecule has 2 bridgehead atoms.